The van der Waals surface area contributed by atoms with E-state index in [-0.39, 0.29) is 0 Å². The molecule has 2 aromatic heterocycles. The molecule has 12 rings (SSSR count). The molecule has 11 aromatic rings. The van der Waals surface area contributed by atoms with Crippen molar-refractivity contribution in [3.05, 3.63) is 175 Å². The van der Waals surface area contributed by atoms with Gasteiger partial charge in [-0.25, -0.2) is 0 Å². The first-order valence-corrected chi connectivity index (χ1v) is 18.5. The first-order chi connectivity index (χ1) is 25.2. The molecule has 0 atom stereocenters. The number of nitrogens with zero attached hydrogens (tertiary/aromatic N) is 1. The van der Waals surface area contributed by atoms with Crippen LogP contribution in [0.3, 0.4) is 0 Å². The second-order valence-electron chi connectivity index (χ2n) is 14.2. The molecule has 0 saturated heterocycles. The van der Waals surface area contributed by atoms with Crippen LogP contribution in [0.1, 0.15) is 11.1 Å². The number of hydrogen-bond donors (Lipinski definition) is 0. The van der Waals surface area contributed by atoms with Crippen molar-refractivity contribution in [3.8, 4) is 5.69 Å². The summed E-state index contributed by atoms with van der Waals surface area (Å²) < 4.78 is 5.08. The molecule has 236 valence electrons. The Morgan fingerprint density at radius 2 is 0.765 bits per heavy atom. The molecule has 0 unspecified atom stereocenters. The third-order valence-electron chi connectivity index (χ3n) is 11.3. The van der Waals surface area contributed by atoms with Gasteiger partial charge in [0.1, 0.15) is 0 Å². The third kappa shape index (κ3) is 4.03. The average Bonchev–Trinajstić information content (AvgIpc) is 3.85. The first-order valence-electron chi connectivity index (χ1n) is 17.7. The second kappa shape index (κ2) is 10.2. The van der Waals surface area contributed by atoms with E-state index in [1.54, 1.807) is 0 Å². The van der Waals surface area contributed by atoms with Gasteiger partial charge in [-0.3, -0.25) is 0 Å². The molecule has 1 aliphatic carbocycles. The molecule has 9 aromatic carbocycles. The summed E-state index contributed by atoms with van der Waals surface area (Å²) in [7, 11) is 0. The lowest BCUT2D eigenvalue weighted by atomic mass is 10.0. The van der Waals surface area contributed by atoms with Crippen LogP contribution in [0.15, 0.2) is 164 Å². The molecule has 2 heteroatoms. The quantitative estimate of drug-likeness (QED) is 0.165. The van der Waals surface area contributed by atoms with Crippen LogP contribution in [0, 0.1) is 0 Å². The van der Waals surface area contributed by atoms with Gasteiger partial charge in [-0.05, 0) is 150 Å². The van der Waals surface area contributed by atoms with Gasteiger partial charge in [-0.2, -0.15) is 0 Å². The van der Waals surface area contributed by atoms with Crippen LogP contribution in [0.4, 0.5) is 0 Å². The van der Waals surface area contributed by atoms with Crippen LogP contribution >= 0.6 is 11.3 Å². The molecule has 0 N–H and O–H groups in total. The van der Waals surface area contributed by atoms with E-state index >= 15 is 0 Å². The molecule has 51 heavy (non-hydrogen) atoms. The minimum atomic E-state index is 0.981. The molecular formula is C49H29NS. The van der Waals surface area contributed by atoms with Crippen molar-refractivity contribution < 1.29 is 0 Å². The Bertz CT molecular complexity index is 3380. The van der Waals surface area contributed by atoms with Crippen LogP contribution in [-0.2, 0) is 6.42 Å². The minimum absolute atomic E-state index is 0.981. The van der Waals surface area contributed by atoms with Gasteiger partial charge in [-0.15, -0.1) is 11.3 Å². The van der Waals surface area contributed by atoms with Gasteiger partial charge < -0.3 is 4.57 Å². The summed E-state index contributed by atoms with van der Waals surface area (Å²) in [4.78, 5) is 0. The normalized spacial score (nSPS) is 12.6. The van der Waals surface area contributed by atoms with E-state index in [1.165, 1.54) is 113 Å². The Morgan fingerprint density at radius 1 is 0.333 bits per heavy atom. The monoisotopic (exact) mass is 663 g/mol. The Kier molecular flexibility index (Phi) is 5.50. The lowest BCUT2D eigenvalue weighted by Crippen LogP contribution is -1.92. The summed E-state index contributed by atoms with van der Waals surface area (Å²) in [5.41, 5.74) is 6.43. The maximum atomic E-state index is 2.43. The molecule has 1 aliphatic rings. The van der Waals surface area contributed by atoms with Crippen LogP contribution in [0.5, 0.6) is 0 Å². The number of thiophene rings is 1. The van der Waals surface area contributed by atoms with Gasteiger partial charge in [-0.1, -0.05) is 84.9 Å². The highest BCUT2D eigenvalue weighted by Crippen LogP contribution is 2.40. The Morgan fingerprint density at radius 3 is 1.29 bits per heavy atom. The van der Waals surface area contributed by atoms with Crippen LogP contribution < -0.4 is 0 Å². The zero-order chi connectivity index (χ0) is 33.2. The van der Waals surface area contributed by atoms with Crippen molar-refractivity contribution in [2.24, 2.45) is 0 Å². The van der Waals surface area contributed by atoms with E-state index in [1.807, 2.05) is 11.3 Å². The van der Waals surface area contributed by atoms with Gasteiger partial charge in [0.2, 0.25) is 0 Å². The van der Waals surface area contributed by atoms with Crippen molar-refractivity contribution in [1.29, 1.82) is 0 Å². The Hall–Kier alpha value is -6.22. The maximum absolute atomic E-state index is 2.43. The van der Waals surface area contributed by atoms with E-state index in [0.717, 1.165) is 6.42 Å². The summed E-state index contributed by atoms with van der Waals surface area (Å²) in [5.74, 6) is 0. The van der Waals surface area contributed by atoms with Gasteiger partial charge in [0.05, 0.1) is 11.0 Å². The van der Waals surface area contributed by atoms with Gasteiger partial charge in [0.25, 0.3) is 0 Å². The topological polar surface area (TPSA) is 4.93 Å². The maximum Gasteiger partial charge on any atom is 0.0541 e. The zero-order valence-electron chi connectivity index (χ0n) is 27.7. The highest BCUT2D eigenvalue weighted by Gasteiger charge is 2.16. The van der Waals surface area contributed by atoms with Gasteiger partial charge in [0, 0.05) is 36.6 Å². The Labute approximate surface area is 297 Å². The number of hydrogen-bond acceptors (Lipinski definition) is 1. The number of aromatic nitrogens is 1. The predicted molar refractivity (Wildman–Crippen MR) is 222 cm³/mol. The fourth-order valence-electron chi connectivity index (χ4n) is 8.78. The molecule has 0 fully saturated rings. The van der Waals surface area contributed by atoms with Crippen LogP contribution in [0.25, 0.3) is 102 Å². The summed E-state index contributed by atoms with van der Waals surface area (Å²) in [6.07, 6.45) is 0.981. The summed E-state index contributed by atoms with van der Waals surface area (Å²) in [6, 6.07) is 62.1. The number of rotatable bonds is 1. The number of para-hydroxylation sites is 1. The van der Waals surface area contributed by atoms with E-state index in [2.05, 4.69) is 168 Å². The molecule has 14 bridgehead atoms. The summed E-state index contributed by atoms with van der Waals surface area (Å²) in [6.45, 7) is 0. The standard InChI is InChI=1S/C49H29NS/c1-2-7-39(8-3-1)50-46-17-13-33-25-42(46)43-26-34(14-18-47(43)50)31-9-11-37-22-38-12-10-32(24-41(38)40(37)23-31)36-16-20-49-45(28-36)44-27-35(15-19-48(44)51-49)30-6-4-5-29(33)21-30/h1-21,23-28H,22H2. The summed E-state index contributed by atoms with van der Waals surface area (Å²) in [5, 5.41) is 17.9. The third-order valence-corrected chi connectivity index (χ3v) is 12.5. The zero-order valence-corrected chi connectivity index (χ0v) is 28.5. The number of benzene rings is 8. The van der Waals surface area contributed by atoms with E-state index < -0.39 is 0 Å². The molecule has 2 heterocycles. The first kappa shape index (κ1) is 27.6. The van der Waals surface area contributed by atoms with Crippen molar-refractivity contribution >= 4 is 107 Å². The fourth-order valence-corrected chi connectivity index (χ4v) is 9.85. The lowest BCUT2D eigenvalue weighted by molar-refractivity contribution is 1.18. The molecule has 0 amide bonds. The van der Waals surface area contributed by atoms with E-state index in [4.69, 9.17) is 0 Å². The molecule has 0 aliphatic heterocycles. The largest absolute Gasteiger partial charge is 0.309 e. The highest BCUT2D eigenvalue weighted by molar-refractivity contribution is 7.25. The molecular weight excluding hydrogens is 635 g/mol. The average molecular weight is 664 g/mol. The lowest BCUT2D eigenvalue weighted by Gasteiger charge is -2.07. The van der Waals surface area contributed by atoms with E-state index in [9.17, 15) is 0 Å². The molecule has 0 saturated carbocycles. The SMILES string of the molecule is c1ccc(-n2c3ccc4cc3c3cc(ccc32)c2ccc3c(c2)c2cc(ccc2C3)c2ccc3sc5ccc(cc5c3c2)c2cccc4c2)cc1. The molecule has 0 spiro atoms. The molecule has 1 nitrogen and oxygen atoms in total. The van der Waals surface area contributed by atoms with Crippen molar-refractivity contribution in [2.75, 3.05) is 0 Å². The summed E-state index contributed by atoms with van der Waals surface area (Å²) >= 11 is 1.89. The van der Waals surface area contributed by atoms with Gasteiger partial charge in [0.15, 0.2) is 0 Å². The number of fused-ring (bicyclic) bond motifs is 12. The van der Waals surface area contributed by atoms with Crippen molar-refractivity contribution in [2.45, 2.75) is 6.42 Å². The van der Waals surface area contributed by atoms with Crippen molar-refractivity contribution in [3.63, 3.8) is 0 Å². The molecule has 0 radical (unpaired) electrons. The van der Waals surface area contributed by atoms with Crippen LogP contribution in [-0.4, -0.2) is 4.57 Å². The van der Waals surface area contributed by atoms with Crippen molar-refractivity contribution in [1.82, 2.24) is 4.57 Å². The van der Waals surface area contributed by atoms with Crippen LogP contribution in [0.2, 0.25) is 0 Å². The second-order valence-corrected chi connectivity index (χ2v) is 15.2. The highest BCUT2D eigenvalue weighted by atomic mass is 32.1. The smallest absolute Gasteiger partial charge is 0.0541 e. The minimum Gasteiger partial charge on any atom is -0.309 e. The fraction of sp³-hybridized carbons (Fsp3) is 0.0204. The Balaban J connectivity index is 1.28. The van der Waals surface area contributed by atoms with Gasteiger partial charge >= 0.3 is 0 Å². The predicted octanol–water partition coefficient (Wildman–Crippen LogP) is 13.9. The van der Waals surface area contributed by atoms with E-state index in [0.29, 0.717) is 0 Å².